The highest BCUT2D eigenvalue weighted by Gasteiger charge is 2.01. The van der Waals surface area contributed by atoms with Gasteiger partial charge in [-0.25, -0.2) is 13.6 Å². The second kappa shape index (κ2) is 4.34. The van der Waals surface area contributed by atoms with Crippen molar-refractivity contribution in [2.75, 3.05) is 5.75 Å². The van der Waals surface area contributed by atoms with Crippen LogP contribution in [-0.2, 0) is 16.4 Å². The lowest BCUT2D eigenvalue weighted by Gasteiger charge is -1.98. The van der Waals surface area contributed by atoms with Crippen molar-refractivity contribution in [1.29, 1.82) is 0 Å². The maximum absolute atomic E-state index is 10.6. The number of rotatable bonds is 4. The van der Waals surface area contributed by atoms with Gasteiger partial charge in [-0.2, -0.15) is 0 Å². The van der Waals surface area contributed by atoms with E-state index in [9.17, 15) is 8.42 Å². The lowest BCUT2D eigenvalue weighted by atomic mass is 10.2. The Kier molecular flexibility index (Phi) is 3.39. The molecule has 4 nitrogen and oxygen atoms in total. The minimum atomic E-state index is -3.31. The molecule has 0 aromatic carbocycles. The van der Waals surface area contributed by atoms with Gasteiger partial charge in [0.05, 0.1) is 5.75 Å². The molecule has 1 aromatic rings. The fraction of sp³-hybridized carbons (Fsp3) is 0.375. The largest absolute Gasteiger partial charge is 0.265 e. The minimum absolute atomic E-state index is 0.0370. The van der Waals surface area contributed by atoms with E-state index in [0.717, 1.165) is 12.0 Å². The summed E-state index contributed by atoms with van der Waals surface area (Å²) < 4.78 is 21.2. The third kappa shape index (κ3) is 4.59. The fourth-order valence-electron chi connectivity index (χ4n) is 1.03. The van der Waals surface area contributed by atoms with Gasteiger partial charge >= 0.3 is 0 Å². The molecule has 5 heteroatoms. The van der Waals surface area contributed by atoms with Crippen LogP contribution >= 0.6 is 0 Å². The highest BCUT2D eigenvalue weighted by Crippen LogP contribution is 2.01. The van der Waals surface area contributed by atoms with Gasteiger partial charge in [-0.05, 0) is 30.5 Å². The molecule has 0 atom stereocenters. The number of aryl methyl sites for hydroxylation is 1. The zero-order valence-electron chi connectivity index (χ0n) is 7.18. The van der Waals surface area contributed by atoms with E-state index in [1.165, 1.54) is 0 Å². The molecule has 0 fully saturated rings. The third-order valence-corrected chi connectivity index (χ3v) is 2.50. The lowest BCUT2D eigenvalue weighted by molar-refractivity contribution is 0.595. The number of aromatic nitrogens is 1. The molecule has 72 valence electrons. The molecule has 0 saturated carbocycles. The van der Waals surface area contributed by atoms with E-state index in [1.807, 2.05) is 12.1 Å². The molecule has 13 heavy (non-hydrogen) atoms. The van der Waals surface area contributed by atoms with E-state index in [0.29, 0.717) is 6.42 Å². The molecule has 1 heterocycles. The van der Waals surface area contributed by atoms with E-state index < -0.39 is 10.0 Å². The van der Waals surface area contributed by atoms with Crippen LogP contribution < -0.4 is 5.14 Å². The third-order valence-electron chi connectivity index (χ3n) is 1.64. The Morgan fingerprint density at radius 3 is 2.46 bits per heavy atom. The predicted molar refractivity (Wildman–Crippen MR) is 50.5 cm³/mol. The summed E-state index contributed by atoms with van der Waals surface area (Å²) in [5, 5.41) is 4.86. The number of hydrogen-bond donors (Lipinski definition) is 1. The van der Waals surface area contributed by atoms with Crippen molar-refractivity contribution in [3.8, 4) is 0 Å². The van der Waals surface area contributed by atoms with Crippen LogP contribution in [0.1, 0.15) is 12.0 Å². The number of primary sulfonamides is 1. The Morgan fingerprint density at radius 1 is 1.31 bits per heavy atom. The van der Waals surface area contributed by atoms with Crippen molar-refractivity contribution >= 4 is 10.0 Å². The maximum atomic E-state index is 10.6. The van der Waals surface area contributed by atoms with Crippen LogP contribution in [-0.4, -0.2) is 19.2 Å². The molecular formula is C8H12N2O2S. The summed E-state index contributed by atoms with van der Waals surface area (Å²) >= 11 is 0. The first-order valence-corrected chi connectivity index (χ1v) is 5.69. The number of nitrogens with zero attached hydrogens (tertiary/aromatic N) is 1. The van der Waals surface area contributed by atoms with E-state index in [-0.39, 0.29) is 5.75 Å². The molecule has 2 N–H and O–H groups in total. The van der Waals surface area contributed by atoms with Gasteiger partial charge in [0.15, 0.2) is 0 Å². The van der Waals surface area contributed by atoms with Gasteiger partial charge in [0.25, 0.3) is 0 Å². The number of nitrogens with two attached hydrogens (primary N) is 1. The topological polar surface area (TPSA) is 73.1 Å². The Bertz CT molecular complexity index is 348. The van der Waals surface area contributed by atoms with Crippen molar-refractivity contribution in [2.24, 2.45) is 5.14 Å². The highest BCUT2D eigenvalue weighted by molar-refractivity contribution is 7.89. The van der Waals surface area contributed by atoms with Crippen molar-refractivity contribution in [3.05, 3.63) is 30.1 Å². The monoisotopic (exact) mass is 200 g/mol. The second-order valence-electron chi connectivity index (χ2n) is 2.83. The van der Waals surface area contributed by atoms with Crippen molar-refractivity contribution in [3.63, 3.8) is 0 Å². The smallest absolute Gasteiger partial charge is 0.209 e. The molecule has 0 saturated heterocycles. The molecule has 0 spiro atoms. The normalized spacial score (nSPS) is 11.5. The summed E-state index contributed by atoms with van der Waals surface area (Å²) in [5.41, 5.74) is 1.08. The van der Waals surface area contributed by atoms with Crippen molar-refractivity contribution in [2.45, 2.75) is 12.8 Å². The van der Waals surface area contributed by atoms with Crippen LogP contribution in [0.2, 0.25) is 0 Å². The Morgan fingerprint density at radius 2 is 1.92 bits per heavy atom. The molecule has 0 radical (unpaired) electrons. The van der Waals surface area contributed by atoms with E-state index >= 15 is 0 Å². The minimum Gasteiger partial charge on any atom is -0.265 e. The van der Waals surface area contributed by atoms with Crippen LogP contribution in [0, 0.1) is 0 Å². The molecule has 0 aliphatic carbocycles. The van der Waals surface area contributed by atoms with Gasteiger partial charge in [-0.15, -0.1) is 0 Å². The molecule has 0 aliphatic heterocycles. The Balaban J connectivity index is 2.37. The summed E-state index contributed by atoms with van der Waals surface area (Å²) in [6.07, 6.45) is 4.65. The maximum Gasteiger partial charge on any atom is 0.209 e. The van der Waals surface area contributed by atoms with Crippen molar-refractivity contribution in [1.82, 2.24) is 4.98 Å². The standard InChI is InChI=1S/C8H12N2O2S/c9-13(11,12)7-1-2-8-3-5-10-6-4-8/h3-6H,1-2,7H2,(H2,9,11,12). The van der Waals surface area contributed by atoms with E-state index in [4.69, 9.17) is 5.14 Å². The summed E-state index contributed by atoms with van der Waals surface area (Å²) in [6, 6.07) is 3.73. The number of hydrogen-bond acceptors (Lipinski definition) is 3. The quantitative estimate of drug-likeness (QED) is 0.759. The first kappa shape index (κ1) is 10.1. The average molecular weight is 200 g/mol. The molecule has 0 unspecified atom stereocenters. The first-order valence-electron chi connectivity index (χ1n) is 3.97. The van der Waals surface area contributed by atoms with Gasteiger partial charge in [0, 0.05) is 12.4 Å². The van der Waals surface area contributed by atoms with Gasteiger partial charge in [0.1, 0.15) is 0 Å². The average Bonchev–Trinajstić information content (AvgIpc) is 2.04. The Hall–Kier alpha value is -0.940. The van der Waals surface area contributed by atoms with E-state index in [2.05, 4.69) is 4.98 Å². The molecule has 1 rings (SSSR count). The second-order valence-corrected chi connectivity index (χ2v) is 4.56. The molecule has 0 aliphatic rings. The van der Waals surface area contributed by atoms with Crippen LogP contribution in [0.4, 0.5) is 0 Å². The zero-order chi connectivity index (χ0) is 9.73. The summed E-state index contributed by atoms with van der Waals surface area (Å²) in [4.78, 5) is 3.86. The summed E-state index contributed by atoms with van der Waals surface area (Å²) in [7, 11) is -3.31. The molecule has 1 aromatic heterocycles. The first-order chi connectivity index (χ1) is 6.08. The van der Waals surface area contributed by atoms with E-state index in [1.54, 1.807) is 12.4 Å². The Labute approximate surface area is 77.8 Å². The molecular weight excluding hydrogens is 188 g/mol. The molecule has 0 bridgehead atoms. The van der Waals surface area contributed by atoms with Crippen LogP contribution in [0.5, 0.6) is 0 Å². The number of pyridine rings is 1. The van der Waals surface area contributed by atoms with Gasteiger partial charge in [0.2, 0.25) is 10.0 Å². The fourth-order valence-corrected chi connectivity index (χ4v) is 1.57. The van der Waals surface area contributed by atoms with Crippen LogP contribution in [0.25, 0.3) is 0 Å². The summed E-state index contributed by atoms with van der Waals surface area (Å²) in [6.45, 7) is 0. The lowest BCUT2D eigenvalue weighted by Crippen LogP contribution is -2.16. The highest BCUT2D eigenvalue weighted by atomic mass is 32.2. The predicted octanol–water partition coefficient (Wildman–Crippen LogP) is 0.303. The molecule has 0 amide bonds. The summed E-state index contributed by atoms with van der Waals surface area (Å²) in [5.74, 6) is 0.0370. The van der Waals surface area contributed by atoms with Crippen LogP contribution in [0.15, 0.2) is 24.5 Å². The zero-order valence-corrected chi connectivity index (χ0v) is 8.00. The van der Waals surface area contributed by atoms with Crippen molar-refractivity contribution < 1.29 is 8.42 Å². The van der Waals surface area contributed by atoms with Crippen LogP contribution in [0.3, 0.4) is 0 Å². The SMILES string of the molecule is NS(=O)(=O)CCCc1ccncc1. The number of sulfonamides is 1. The van der Waals surface area contributed by atoms with Gasteiger partial charge < -0.3 is 0 Å². The van der Waals surface area contributed by atoms with Gasteiger partial charge in [-0.3, -0.25) is 4.98 Å². The van der Waals surface area contributed by atoms with Gasteiger partial charge in [-0.1, -0.05) is 0 Å².